The smallest absolute Gasteiger partial charge is 0.202 e. The molecule has 4 nitrogen and oxygen atoms in total. The van der Waals surface area contributed by atoms with E-state index in [0.29, 0.717) is 19.0 Å². The summed E-state index contributed by atoms with van der Waals surface area (Å²) in [5.41, 5.74) is 0. The van der Waals surface area contributed by atoms with Crippen LogP contribution in [-0.4, -0.2) is 21.5 Å². The van der Waals surface area contributed by atoms with Gasteiger partial charge in [0.25, 0.3) is 10.2 Å². The molecule has 0 radical (unpaired) electrons. The van der Waals surface area contributed by atoms with Crippen molar-refractivity contribution in [1.82, 2.24) is 9.44 Å². The van der Waals surface area contributed by atoms with Crippen LogP contribution in [0.3, 0.4) is 0 Å². The molecule has 1 aliphatic rings. The van der Waals surface area contributed by atoms with Crippen LogP contribution < -0.4 is 9.44 Å². The van der Waals surface area contributed by atoms with Gasteiger partial charge in [-0.3, -0.25) is 0 Å². The summed E-state index contributed by atoms with van der Waals surface area (Å²) >= 11 is 0. The van der Waals surface area contributed by atoms with Gasteiger partial charge in [0, 0.05) is 13.1 Å². The quantitative estimate of drug-likeness (QED) is 0.702. The fourth-order valence-electron chi connectivity index (χ4n) is 1.73. The van der Waals surface area contributed by atoms with E-state index >= 15 is 0 Å². The normalized spacial score (nSPS) is 18.9. The fraction of sp³-hybridized carbons (Fsp3) is 1.00. The maximum absolute atomic E-state index is 11.3. The van der Waals surface area contributed by atoms with Gasteiger partial charge in [0.05, 0.1) is 0 Å². The Hall–Kier alpha value is -0.130. The minimum absolute atomic E-state index is 0.514. The average molecular weight is 220 g/mol. The Kier molecular flexibility index (Phi) is 4.84. The largest absolute Gasteiger partial charge is 0.276 e. The van der Waals surface area contributed by atoms with E-state index < -0.39 is 10.2 Å². The molecule has 0 aromatic rings. The van der Waals surface area contributed by atoms with Crippen LogP contribution in [0.5, 0.6) is 0 Å². The van der Waals surface area contributed by atoms with Gasteiger partial charge in [-0.15, -0.1) is 0 Å². The predicted molar refractivity (Wildman–Crippen MR) is 57.2 cm³/mol. The first-order valence-electron chi connectivity index (χ1n) is 5.38. The first-order chi connectivity index (χ1) is 6.64. The van der Waals surface area contributed by atoms with E-state index in [1.807, 2.05) is 6.92 Å². The predicted octanol–water partition coefficient (Wildman–Crippen LogP) is 1.01. The van der Waals surface area contributed by atoms with E-state index in [1.54, 1.807) is 0 Å². The van der Waals surface area contributed by atoms with Crippen molar-refractivity contribution < 1.29 is 8.42 Å². The Morgan fingerprint density at radius 3 is 2.43 bits per heavy atom. The zero-order valence-electron chi connectivity index (χ0n) is 8.75. The summed E-state index contributed by atoms with van der Waals surface area (Å²) in [5, 5.41) is 0. The summed E-state index contributed by atoms with van der Waals surface area (Å²) < 4.78 is 27.7. The van der Waals surface area contributed by atoms with Crippen molar-refractivity contribution in [3.05, 3.63) is 0 Å². The fourth-order valence-corrected chi connectivity index (χ4v) is 2.76. The molecule has 2 N–H and O–H groups in total. The van der Waals surface area contributed by atoms with Crippen LogP contribution in [0.4, 0.5) is 0 Å². The molecule has 0 aromatic carbocycles. The van der Waals surface area contributed by atoms with Gasteiger partial charge < -0.3 is 0 Å². The second-order valence-corrected chi connectivity index (χ2v) is 5.48. The molecule has 0 aliphatic heterocycles. The van der Waals surface area contributed by atoms with Gasteiger partial charge in [-0.1, -0.05) is 19.8 Å². The highest BCUT2D eigenvalue weighted by molar-refractivity contribution is 7.87. The molecular formula is C9H20N2O2S. The lowest BCUT2D eigenvalue weighted by atomic mass is 10.1. The average Bonchev–Trinajstić information content (AvgIpc) is 2.64. The van der Waals surface area contributed by atoms with Gasteiger partial charge >= 0.3 is 0 Å². The SMILES string of the molecule is CCCNS(=O)(=O)NCC1CCCC1. The van der Waals surface area contributed by atoms with E-state index in [1.165, 1.54) is 12.8 Å². The van der Waals surface area contributed by atoms with Crippen LogP contribution in [0.2, 0.25) is 0 Å². The van der Waals surface area contributed by atoms with E-state index in [2.05, 4.69) is 9.44 Å². The van der Waals surface area contributed by atoms with Crippen LogP contribution in [0, 0.1) is 5.92 Å². The molecule has 0 amide bonds. The molecule has 0 unspecified atom stereocenters. The van der Waals surface area contributed by atoms with Crippen molar-refractivity contribution in [2.45, 2.75) is 39.0 Å². The molecule has 1 aliphatic carbocycles. The zero-order valence-corrected chi connectivity index (χ0v) is 9.57. The molecule has 1 saturated carbocycles. The first-order valence-corrected chi connectivity index (χ1v) is 6.86. The molecule has 0 spiro atoms. The first kappa shape index (κ1) is 11.9. The van der Waals surface area contributed by atoms with E-state index in [9.17, 15) is 8.42 Å². The topological polar surface area (TPSA) is 58.2 Å². The van der Waals surface area contributed by atoms with Crippen LogP contribution in [0.25, 0.3) is 0 Å². The van der Waals surface area contributed by atoms with Crippen LogP contribution in [0.1, 0.15) is 39.0 Å². The molecule has 0 saturated heterocycles. The molecule has 0 heterocycles. The van der Waals surface area contributed by atoms with Crippen LogP contribution >= 0.6 is 0 Å². The van der Waals surface area contributed by atoms with Crippen LogP contribution in [0.15, 0.2) is 0 Å². The van der Waals surface area contributed by atoms with Gasteiger partial charge in [-0.2, -0.15) is 8.42 Å². The maximum atomic E-state index is 11.3. The Bertz CT molecular complexity index is 246. The van der Waals surface area contributed by atoms with Crippen molar-refractivity contribution in [2.75, 3.05) is 13.1 Å². The molecule has 5 heteroatoms. The van der Waals surface area contributed by atoms with Crippen molar-refractivity contribution >= 4 is 10.2 Å². The van der Waals surface area contributed by atoms with E-state index in [0.717, 1.165) is 19.3 Å². The number of hydrogen-bond acceptors (Lipinski definition) is 2. The van der Waals surface area contributed by atoms with Gasteiger partial charge in [0.2, 0.25) is 0 Å². The highest BCUT2D eigenvalue weighted by atomic mass is 32.2. The van der Waals surface area contributed by atoms with Crippen molar-refractivity contribution in [1.29, 1.82) is 0 Å². The summed E-state index contributed by atoms with van der Waals surface area (Å²) in [6, 6.07) is 0. The standard InChI is InChI=1S/C9H20N2O2S/c1-2-7-10-14(12,13)11-8-9-5-3-4-6-9/h9-11H,2-8H2,1H3. The molecule has 1 rings (SSSR count). The van der Waals surface area contributed by atoms with Gasteiger partial charge in [-0.25, -0.2) is 9.44 Å². The lowest BCUT2D eigenvalue weighted by Crippen LogP contribution is -2.39. The third-order valence-corrected chi connectivity index (χ3v) is 3.71. The van der Waals surface area contributed by atoms with Gasteiger partial charge in [0.1, 0.15) is 0 Å². The molecule has 14 heavy (non-hydrogen) atoms. The second kappa shape index (κ2) is 5.68. The highest BCUT2D eigenvalue weighted by Crippen LogP contribution is 2.23. The maximum Gasteiger partial charge on any atom is 0.276 e. The summed E-state index contributed by atoms with van der Waals surface area (Å²) in [5.74, 6) is 0.549. The second-order valence-electron chi connectivity index (χ2n) is 3.90. The monoisotopic (exact) mass is 220 g/mol. The summed E-state index contributed by atoms with van der Waals surface area (Å²) in [6.45, 7) is 3.05. The molecule has 84 valence electrons. The lowest BCUT2D eigenvalue weighted by molar-refractivity contribution is 0.513. The number of hydrogen-bond donors (Lipinski definition) is 2. The Balaban J connectivity index is 2.21. The highest BCUT2D eigenvalue weighted by Gasteiger charge is 2.17. The summed E-state index contributed by atoms with van der Waals surface area (Å²) in [7, 11) is -3.23. The Labute approximate surface area is 86.6 Å². The molecule has 0 aromatic heterocycles. The summed E-state index contributed by atoms with van der Waals surface area (Å²) in [6.07, 6.45) is 5.64. The minimum Gasteiger partial charge on any atom is -0.202 e. The zero-order chi connectivity index (χ0) is 10.4. The Morgan fingerprint density at radius 1 is 1.21 bits per heavy atom. The third kappa shape index (κ3) is 4.39. The molecular weight excluding hydrogens is 200 g/mol. The number of rotatable bonds is 6. The molecule has 0 atom stereocenters. The van der Waals surface area contributed by atoms with Crippen LogP contribution in [-0.2, 0) is 10.2 Å². The Morgan fingerprint density at radius 2 is 1.86 bits per heavy atom. The third-order valence-electron chi connectivity index (χ3n) is 2.58. The lowest BCUT2D eigenvalue weighted by Gasteiger charge is -2.11. The van der Waals surface area contributed by atoms with Crippen molar-refractivity contribution in [2.24, 2.45) is 5.92 Å². The van der Waals surface area contributed by atoms with E-state index in [4.69, 9.17) is 0 Å². The van der Waals surface area contributed by atoms with Crippen molar-refractivity contribution in [3.63, 3.8) is 0 Å². The van der Waals surface area contributed by atoms with Gasteiger partial charge in [0.15, 0.2) is 0 Å². The van der Waals surface area contributed by atoms with Gasteiger partial charge in [-0.05, 0) is 25.2 Å². The minimum atomic E-state index is -3.23. The number of nitrogens with one attached hydrogen (secondary N) is 2. The van der Waals surface area contributed by atoms with E-state index in [-0.39, 0.29) is 0 Å². The molecule has 1 fully saturated rings. The summed E-state index contributed by atoms with van der Waals surface area (Å²) in [4.78, 5) is 0. The molecule has 0 bridgehead atoms. The van der Waals surface area contributed by atoms with Crippen molar-refractivity contribution in [3.8, 4) is 0 Å².